The van der Waals surface area contributed by atoms with Gasteiger partial charge in [-0.2, -0.15) is 24.9 Å². The van der Waals surface area contributed by atoms with Gasteiger partial charge in [0.05, 0.1) is 12.5 Å². The lowest BCUT2D eigenvalue weighted by atomic mass is 10.2. The van der Waals surface area contributed by atoms with Crippen molar-refractivity contribution in [1.82, 2.24) is 5.32 Å². The lowest BCUT2D eigenvalue weighted by Crippen LogP contribution is -2.40. The molecule has 0 saturated heterocycles. The van der Waals surface area contributed by atoms with E-state index in [-0.39, 0.29) is 12.6 Å². The fourth-order valence-electron chi connectivity index (χ4n) is 2.20. The molecule has 0 aromatic rings. The molecule has 0 radical (unpaired) electrons. The standard InChI is InChI=1S/C11H20F3NOS/c1-2-17-10-5-3-4-9(10)15-7-8(16)6-11(12,13)14/h8-10,15-16H,2-7H2,1H3. The summed E-state index contributed by atoms with van der Waals surface area (Å²) in [6.07, 6.45) is -3.51. The zero-order chi connectivity index (χ0) is 12.9. The first-order chi connectivity index (χ1) is 7.92. The molecule has 1 rings (SSSR count). The van der Waals surface area contributed by atoms with Crippen LogP contribution in [0, 0.1) is 0 Å². The quantitative estimate of drug-likeness (QED) is 0.779. The van der Waals surface area contributed by atoms with Gasteiger partial charge >= 0.3 is 6.18 Å². The Hall–Kier alpha value is 0.0600. The molecule has 2 N–H and O–H groups in total. The van der Waals surface area contributed by atoms with Crippen LogP contribution in [0.5, 0.6) is 0 Å². The van der Waals surface area contributed by atoms with Crippen molar-refractivity contribution >= 4 is 11.8 Å². The highest BCUT2D eigenvalue weighted by Gasteiger charge is 2.32. The highest BCUT2D eigenvalue weighted by atomic mass is 32.2. The van der Waals surface area contributed by atoms with Gasteiger partial charge in [-0.3, -0.25) is 0 Å². The van der Waals surface area contributed by atoms with E-state index in [0.29, 0.717) is 5.25 Å². The Morgan fingerprint density at radius 3 is 2.71 bits per heavy atom. The van der Waals surface area contributed by atoms with E-state index in [1.54, 1.807) is 0 Å². The van der Waals surface area contributed by atoms with E-state index in [4.69, 9.17) is 0 Å². The van der Waals surface area contributed by atoms with E-state index < -0.39 is 18.7 Å². The normalized spacial score (nSPS) is 27.4. The van der Waals surface area contributed by atoms with Gasteiger partial charge in [0.25, 0.3) is 0 Å². The number of rotatable bonds is 6. The molecule has 2 nitrogen and oxygen atoms in total. The van der Waals surface area contributed by atoms with E-state index in [1.807, 2.05) is 11.8 Å². The van der Waals surface area contributed by atoms with E-state index in [1.165, 1.54) is 0 Å². The molecule has 1 aliphatic rings. The number of alkyl halides is 3. The predicted octanol–water partition coefficient (Wildman–Crippen LogP) is 2.56. The summed E-state index contributed by atoms with van der Waals surface area (Å²) in [4.78, 5) is 0. The molecule has 0 amide bonds. The Kier molecular flexibility index (Phi) is 6.09. The fourth-order valence-corrected chi connectivity index (χ4v) is 3.43. The van der Waals surface area contributed by atoms with Crippen molar-refractivity contribution in [3.05, 3.63) is 0 Å². The summed E-state index contributed by atoms with van der Waals surface area (Å²) in [5, 5.41) is 12.8. The second-order valence-corrected chi connectivity index (χ2v) is 5.93. The van der Waals surface area contributed by atoms with Gasteiger partial charge in [-0.15, -0.1) is 0 Å². The molecule has 17 heavy (non-hydrogen) atoms. The van der Waals surface area contributed by atoms with Crippen LogP contribution in [-0.4, -0.2) is 41.0 Å². The highest BCUT2D eigenvalue weighted by Crippen LogP contribution is 2.30. The average molecular weight is 271 g/mol. The first kappa shape index (κ1) is 15.1. The number of halogens is 3. The summed E-state index contributed by atoms with van der Waals surface area (Å²) >= 11 is 1.85. The number of nitrogens with one attached hydrogen (secondary N) is 1. The van der Waals surface area contributed by atoms with E-state index >= 15 is 0 Å². The van der Waals surface area contributed by atoms with Crippen molar-refractivity contribution in [3.8, 4) is 0 Å². The van der Waals surface area contributed by atoms with Crippen molar-refractivity contribution in [2.75, 3.05) is 12.3 Å². The van der Waals surface area contributed by atoms with Crippen molar-refractivity contribution in [1.29, 1.82) is 0 Å². The third-order valence-electron chi connectivity index (χ3n) is 2.92. The van der Waals surface area contributed by atoms with Crippen LogP contribution in [0.1, 0.15) is 32.6 Å². The summed E-state index contributed by atoms with van der Waals surface area (Å²) in [6.45, 7) is 2.11. The zero-order valence-electron chi connectivity index (χ0n) is 9.96. The van der Waals surface area contributed by atoms with Gasteiger partial charge in [0.15, 0.2) is 0 Å². The summed E-state index contributed by atoms with van der Waals surface area (Å²) in [5.41, 5.74) is 0. The van der Waals surface area contributed by atoms with Gasteiger partial charge in [0.1, 0.15) is 0 Å². The molecule has 0 bridgehead atoms. The molecule has 1 aliphatic carbocycles. The molecule has 0 aromatic heterocycles. The second-order valence-electron chi connectivity index (χ2n) is 4.41. The molecule has 3 unspecified atom stereocenters. The second kappa shape index (κ2) is 6.85. The van der Waals surface area contributed by atoms with Crippen molar-refractivity contribution in [2.24, 2.45) is 0 Å². The van der Waals surface area contributed by atoms with Crippen LogP contribution in [0.3, 0.4) is 0 Å². The van der Waals surface area contributed by atoms with Crippen molar-refractivity contribution in [3.63, 3.8) is 0 Å². The number of aliphatic hydroxyl groups is 1. The van der Waals surface area contributed by atoms with Gasteiger partial charge in [-0.1, -0.05) is 13.3 Å². The minimum Gasteiger partial charge on any atom is -0.391 e. The average Bonchev–Trinajstić information content (AvgIpc) is 2.60. The summed E-state index contributed by atoms with van der Waals surface area (Å²) in [5.74, 6) is 1.02. The third-order valence-corrected chi connectivity index (χ3v) is 4.24. The van der Waals surface area contributed by atoms with Crippen molar-refractivity contribution < 1.29 is 18.3 Å². The first-order valence-electron chi connectivity index (χ1n) is 6.02. The minimum atomic E-state index is -4.28. The molecule has 0 aliphatic heterocycles. The summed E-state index contributed by atoms with van der Waals surface area (Å²) in [7, 11) is 0. The SMILES string of the molecule is CCSC1CCCC1NCC(O)CC(F)(F)F. The smallest absolute Gasteiger partial charge is 0.391 e. The first-order valence-corrected chi connectivity index (χ1v) is 7.07. The molecule has 1 fully saturated rings. The third kappa shape index (κ3) is 5.97. The van der Waals surface area contributed by atoms with Gasteiger partial charge in [0, 0.05) is 17.8 Å². The molecule has 0 aromatic carbocycles. The number of hydrogen-bond donors (Lipinski definition) is 2. The molecule has 0 spiro atoms. The maximum atomic E-state index is 12.0. The van der Waals surface area contributed by atoms with Crippen LogP contribution in [0.2, 0.25) is 0 Å². The van der Waals surface area contributed by atoms with E-state index in [0.717, 1.165) is 25.0 Å². The highest BCUT2D eigenvalue weighted by molar-refractivity contribution is 7.99. The monoisotopic (exact) mass is 271 g/mol. The molecule has 0 heterocycles. The molecular formula is C11H20F3NOS. The van der Waals surface area contributed by atoms with Gasteiger partial charge < -0.3 is 10.4 Å². The number of thioether (sulfide) groups is 1. The van der Waals surface area contributed by atoms with Crippen LogP contribution >= 0.6 is 11.8 Å². The Bertz CT molecular complexity index is 225. The molecule has 1 saturated carbocycles. The Morgan fingerprint density at radius 1 is 1.41 bits per heavy atom. The lowest BCUT2D eigenvalue weighted by molar-refractivity contribution is -0.152. The molecular weight excluding hydrogens is 251 g/mol. The fraction of sp³-hybridized carbons (Fsp3) is 1.00. The lowest BCUT2D eigenvalue weighted by Gasteiger charge is -2.22. The number of aliphatic hydroxyl groups excluding tert-OH is 1. The molecule has 102 valence electrons. The van der Waals surface area contributed by atoms with Crippen LogP contribution in [0.15, 0.2) is 0 Å². The predicted molar refractivity (Wildman–Crippen MR) is 64.2 cm³/mol. The maximum absolute atomic E-state index is 12.0. The van der Waals surface area contributed by atoms with Crippen LogP contribution in [-0.2, 0) is 0 Å². The van der Waals surface area contributed by atoms with Crippen molar-refractivity contribution in [2.45, 2.75) is 56.2 Å². The van der Waals surface area contributed by atoms with Crippen LogP contribution in [0.25, 0.3) is 0 Å². The maximum Gasteiger partial charge on any atom is 0.391 e. The minimum absolute atomic E-state index is 0.0327. The van der Waals surface area contributed by atoms with E-state index in [9.17, 15) is 18.3 Å². The van der Waals surface area contributed by atoms with Gasteiger partial charge in [0.2, 0.25) is 0 Å². The largest absolute Gasteiger partial charge is 0.391 e. The van der Waals surface area contributed by atoms with Crippen LogP contribution < -0.4 is 5.32 Å². The summed E-state index contributed by atoms with van der Waals surface area (Å²) < 4.78 is 36.0. The summed E-state index contributed by atoms with van der Waals surface area (Å²) in [6, 6.07) is 0.253. The van der Waals surface area contributed by atoms with Gasteiger partial charge in [-0.25, -0.2) is 0 Å². The Balaban J connectivity index is 2.25. The Morgan fingerprint density at radius 2 is 2.12 bits per heavy atom. The Labute approximate surface area is 104 Å². The topological polar surface area (TPSA) is 32.3 Å². The van der Waals surface area contributed by atoms with Gasteiger partial charge in [-0.05, 0) is 18.6 Å². The number of hydrogen-bond acceptors (Lipinski definition) is 3. The van der Waals surface area contributed by atoms with Crippen LogP contribution in [0.4, 0.5) is 13.2 Å². The molecule has 6 heteroatoms. The van der Waals surface area contributed by atoms with E-state index in [2.05, 4.69) is 12.2 Å². The molecule has 3 atom stereocenters. The zero-order valence-corrected chi connectivity index (χ0v) is 10.8.